The van der Waals surface area contributed by atoms with Gasteiger partial charge in [-0.3, -0.25) is 4.98 Å². The Hall–Kier alpha value is -2.70. The molecule has 1 aromatic carbocycles. The molecule has 29 heavy (non-hydrogen) atoms. The first-order chi connectivity index (χ1) is 14.2. The van der Waals surface area contributed by atoms with Gasteiger partial charge in [0.05, 0.1) is 16.1 Å². The number of aromatic nitrogens is 3. The third kappa shape index (κ3) is 3.54. The van der Waals surface area contributed by atoms with Crippen molar-refractivity contribution in [1.82, 2.24) is 15.0 Å². The largest absolute Gasteiger partial charge is 0.367 e. The van der Waals surface area contributed by atoms with Gasteiger partial charge in [-0.2, -0.15) is 0 Å². The number of fused-ring (bicyclic) bond motifs is 1. The molecule has 4 aromatic rings. The number of benzene rings is 1. The fourth-order valence-electron chi connectivity index (χ4n) is 3.76. The zero-order valence-electron chi connectivity index (χ0n) is 16.0. The topological polar surface area (TPSA) is 45.2 Å². The van der Waals surface area contributed by atoms with Crippen molar-refractivity contribution in [2.75, 3.05) is 36.0 Å². The van der Waals surface area contributed by atoms with E-state index < -0.39 is 0 Å². The summed E-state index contributed by atoms with van der Waals surface area (Å²) in [4.78, 5) is 21.0. The van der Waals surface area contributed by atoms with E-state index in [1.807, 2.05) is 36.5 Å². The number of nitrogens with zero attached hydrogens (tertiary/aromatic N) is 5. The van der Waals surface area contributed by atoms with E-state index in [0.717, 1.165) is 64.3 Å². The van der Waals surface area contributed by atoms with Crippen LogP contribution in [0.2, 0.25) is 5.02 Å². The average Bonchev–Trinajstić information content (AvgIpc) is 3.14. The summed E-state index contributed by atoms with van der Waals surface area (Å²) < 4.78 is 0. The summed E-state index contributed by atoms with van der Waals surface area (Å²) in [5.74, 6) is 1.74. The summed E-state index contributed by atoms with van der Waals surface area (Å²) in [6, 6.07) is 14.2. The number of piperazine rings is 1. The van der Waals surface area contributed by atoms with Crippen molar-refractivity contribution in [3.63, 3.8) is 0 Å². The molecule has 0 spiro atoms. The Morgan fingerprint density at radius 1 is 0.966 bits per heavy atom. The zero-order chi connectivity index (χ0) is 19.8. The first-order valence-electron chi connectivity index (χ1n) is 9.62. The molecule has 5 nitrogen and oxygen atoms in total. The summed E-state index contributed by atoms with van der Waals surface area (Å²) >= 11 is 8.11. The van der Waals surface area contributed by atoms with Gasteiger partial charge in [0, 0.05) is 49.0 Å². The van der Waals surface area contributed by atoms with Gasteiger partial charge in [0.15, 0.2) is 5.82 Å². The second kappa shape index (κ2) is 7.61. The lowest BCUT2D eigenvalue weighted by Gasteiger charge is -2.37. The molecule has 0 aliphatic carbocycles. The number of pyridine rings is 1. The Morgan fingerprint density at radius 3 is 2.52 bits per heavy atom. The van der Waals surface area contributed by atoms with Crippen LogP contribution < -0.4 is 9.80 Å². The van der Waals surface area contributed by atoms with Crippen LogP contribution in [0, 0.1) is 6.92 Å². The number of halogens is 1. The smallest absolute Gasteiger partial charge is 0.164 e. The molecule has 0 atom stereocenters. The molecule has 5 rings (SSSR count). The molecule has 3 aromatic heterocycles. The van der Waals surface area contributed by atoms with E-state index in [1.54, 1.807) is 17.5 Å². The number of para-hydroxylation sites is 1. The molecule has 7 heteroatoms. The number of rotatable bonds is 3. The monoisotopic (exact) mass is 421 g/mol. The molecule has 1 saturated heterocycles. The van der Waals surface area contributed by atoms with Crippen LogP contribution in [0.1, 0.15) is 4.88 Å². The van der Waals surface area contributed by atoms with Crippen LogP contribution in [0.5, 0.6) is 0 Å². The standard InChI is InChI=1S/C22H20ClN5S/c1-15-13-17-21(25-20(26-22(17)29-15)16-5-4-8-24-14-16)28-11-9-27(10-12-28)19-7-3-2-6-18(19)23/h2-8,13-14H,9-12H2,1H3. The average molecular weight is 422 g/mol. The fraction of sp³-hybridized carbons (Fsp3) is 0.227. The van der Waals surface area contributed by atoms with E-state index in [1.165, 1.54) is 4.88 Å². The first kappa shape index (κ1) is 18.3. The second-order valence-electron chi connectivity index (χ2n) is 7.11. The molecule has 0 bridgehead atoms. The van der Waals surface area contributed by atoms with Crippen molar-refractivity contribution in [2.24, 2.45) is 0 Å². The van der Waals surface area contributed by atoms with Crippen LogP contribution in [-0.2, 0) is 0 Å². The van der Waals surface area contributed by atoms with Crippen molar-refractivity contribution < 1.29 is 0 Å². The SMILES string of the molecule is Cc1cc2c(N3CCN(c4ccccc4Cl)CC3)nc(-c3cccnc3)nc2s1. The van der Waals surface area contributed by atoms with E-state index in [-0.39, 0.29) is 0 Å². The number of thiophene rings is 1. The molecule has 1 aliphatic rings. The number of anilines is 2. The lowest BCUT2D eigenvalue weighted by molar-refractivity contribution is 0.649. The van der Waals surface area contributed by atoms with Gasteiger partial charge in [-0.05, 0) is 37.3 Å². The van der Waals surface area contributed by atoms with Crippen LogP contribution in [0.4, 0.5) is 11.5 Å². The maximum Gasteiger partial charge on any atom is 0.164 e. The predicted molar refractivity (Wildman–Crippen MR) is 121 cm³/mol. The molecule has 0 N–H and O–H groups in total. The van der Waals surface area contributed by atoms with Crippen molar-refractivity contribution >= 4 is 44.7 Å². The molecule has 1 aliphatic heterocycles. The lowest BCUT2D eigenvalue weighted by Crippen LogP contribution is -2.47. The minimum atomic E-state index is 0.732. The van der Waals surface area contributed by atoms with E-state index >= 15 is 0 Å². The quantitative estimate of drug-likeness (QED) is 0.463. The van der Waals surface area contributed by atoms with Crippen molar-refractivity contribution in [2.45, 2.75) is 6.92 Å². The summed E-state index contributed by atoms with van der Waals surface area (Å²) in [5, 5.41) is 1.93. The van der Waals surface area contributed by atoms with Gasteiger partial charge in [0.25, 0.3) is 0 Å². The molecular formula is C22H20ClN5S. The number of hydrogen-bond donors (Lipinski definition) is 0. The Bertz CT molecular complexity index is 1150. The van der Waals surface area contributed by atoms with Crippen LogP contribution in [0.3, 0.4) is 0 Å². The third-order valence-electron chi connectivity index (χ3n) is 5.19. The fourth-order valence-corrected chi connectivity index (χ4v) is 4.89. The lowest BCUT2D eigenvalue weighted by atomic mass is 10.2. The highest BCUT2D eigenvalue weighted by Gasteiger charge is 2.23. The normalized spacial score (nSPS) is 14.6. The summed E-state index contributed by atoms with van der Waals surface area (Å²) in [6.07, 6.45) is 3.59. The number of hydrogen-bond acceptors (Lipinski definition) is 6. The minimum Gasteiger partial charge on any atom is -0.367 e. The van der Waals surface area contributed by atoms with Crippen LogP contribution in [0.25, 0.3) is 21.6 Å². The molecule has 146 valence electrons. The van der Waals surface area contributed by atoms with Gasteiger partial charge in [-0.25, -0.2) is 9.97 Å². The minimum absolute atomic E-state index is 0.732. The molecule has 0 unspecified atom stereocenters. The first-order valence-corrected chi connectivity index (χ1v) is 10.8. The summed E-state index contributed by atoms with van der Waals surface area (Å²) in [5.41, 5.74) is 2.04. The molecule has 1 fully saturated rings. The third-order valence-corrected chi connectivity index (χ3v) is 6.45. The molecule has 4 heterocycles. The van der Waals surface area contributed by atoms with E-state index in [0.29, 0.717) is 0 Å². The maximum absolute atomic E-state index is 6.40. The van der Waals surface area contributed by atoms with Gasteiger partial charge >= 0.3 is 0 Å². The van der Waals surface area contributed by atoms with Crippen LogP contribution in [-0.4, -0.2) is 41.1 Å². The second-order valence-corrected chi connectivity index (χ2v) is 8.76. The number of aryl methyl sites for hydroxylation is 1. The molecular weight excluding hydrogens is 402 g/mol. The van der Waals surface area contributed by atoms with Gasteiger partial charge in [-0.15, -0.1) is 11.3 Å². The van der Waals surface area contributed by atoms with Gasteiger partial charge in [0.2, 0.25) is 0 Å². The van der Waals surface area contributed by atoms with E-state index in [9.17, 15) is 0 Å². The highest BCUT2D eigenvalue weighted by Crippen LogP contribution is 2.34. The molecule has 0 radical (unpaired) electrons. The van der Waals surface area contributed by atoms with E-state index in [2.05, 4.69) is 33.8 Å². The highest BCUT2D eigenvalue weighted by atomic mass is 35.5. The highest BCUT2D eigenvalue weighted by molar-refractivity contribution is 7.18. The van der Waals surface area contributed by atoms with Crippen molar-refractivity contribution in [3.05, 3.63) is 64.8 Å². The molecule has 0 saturated carbocycles. The van der Waals surface area contributed by atoms with E-state index in [4.69, 9.17) is 21.6 Å². The maximum atomic E-state index is 6.40. The van der Waals surface area contributed by atoms with Crippen LogP contribution in [0.15, 0.2) is 54.9 Å². The Labute approximate surface area is 178 Å². The summed E-state index contributed by atoms with van der Waals surface area (Å²) in [7, 11) is 0. The zero-order valence-corrected chi connectivity index (χ0v) is 17.6. The van der Waals surface area contributed by atoms with Gasteiger partial charge in [0.1, 0.15) is 10.6 Å². The van der Waals surface area contributed by atoms with Gasteiger partial charge < -0.3 is 9.80 Å². The van der Waals surface area contributed by atoms with Crippen molar-refractivity contribution in [1.29, 1.82) is 0 Å². The van der Waals surface area contributed by atoms with Gasteiger partial charge in [-0.1, -0.05) is 23.7 Å². The molecule has 0 amide bonds. The Kier molecular flexibility index (Phi) is 4.81. The summed E-state index contributed by atoms with van der Waals surface area (Å²) in [6.45, 7) is 5.70. The Morgan fingerprint density at radius 2 is 1.76 bits per heavy atom. The van der Waals surface area contributed by atoms with Crippen molar-refractivity contribution in [3.8, 4) is 11.4 Å². The Balaban J connectivity index is 1.48. The van der Waals surface area contributed by atoms with Crippen LogP contribution >= 0.6 is 22.9 Å². The predicted octanol–water partition coefficient (Wildman–Crippen LogP) is 5.04.